The lowest BCUT2D eigenvalue weighted by atomic mass is 9.94. The fourth-order valence-electron chi connectivity index (χ4n) is 3.05. The number of carboxylic acids is 1. The average molecular weight is 269 g/mol. The molecule has 0 spiro atoms. The minimum absolute atomic E-state index is 0.0146. The molecule has 1 N–H and O–H groups in total. The van der Waals surface area contributed by atoms with Crippen molar-refractivity contribution < 1.29 is 19.4 Å². The van der Waals surface area contributed by atoms with E-state index in [2.05, 4.69) is 0 Å². The van der Waals surface area contributed by atoms with E-state index in [9.17, 15) is 9.59 Å². The molecule has 2 aliphatic rings. The zero-order chi connectivity index (χ0) is 13.7. The van der Waals surface area contributed by atoms with Gasteiger partial charge in [0.25, 0.3) is 0 Å². The highest BCUT2D eigenvalue weighted by molar-refractivity contribution is 5.79. The lowest BCUT2D eigenvalue weighted by molar-refractivity contribution is -0.145. The summed E-state index contributed by atoms with van der Waals surface area (Å²) in [7, 11) is 0. The quantitative estimate of drug-likeness (QED) is 0.843. The summed E-state index contributed by atoms with van der Waals surface area (Å²) in [5.74, 6) is -0.618. The summed E-state index contributed by atoms with van der Waals surface area (Å²) in [6.07, 6.45) is 5.64. The van der Waals surface area contributed by atoms with Gasteiger partial charge in [-0.2, -0.15) is 0 Å². The predicted octanol–water partition coefficient (Wildman–Crippen LogP) is 1.66. The molecule has 2 rings (SSSR count). The normalized spacial score (nSPS) is 28.1. The van der Waals surface area contributed by atoms with Gasteiger partial charge in [0.05, 0.1) is 12.5 Å². The Morgan fingerprint density at radius 2 is 2.05 bits per heavy atom. The van der Waals surface area contributed by atoms with Crippen LogP contribution in [0.3, 0.4) is 0 Å². The summed E-state index contributed by atoms with van der Waals surface area (Å²) in [5.41, 5.74) is 0. The van der Waals surface area contributed by atoms with Gasteiger partial charge in [0, 0.05) is 25.6 Å². The molecule has 2 saturated heterocycles. The van der Waals surface area contributed by atoms with Crippen LogP contribution in [-0.2, 0) is 14.3 Å². The van der Waals surface area contributed by atoms with Gasteiger partial charge in [-0.05, 0) is 38.5 Å². The number of amides is 1. The maximum atomic E-state index is 12.5. The van der Waals surface area contributed by atoms with Crippen LogP contribution in [-0.4, -0.2) is 47.7 Å². The molecule has 0 saturated carbocycles. The Hall–Kier alpha value is -1.10. The Kier molecular flexibility index (Phi) is 5.19. The highest BCUT2D eigenvalue weighted by Crippen LogP contribution is 2.25. The molecule has 0 aromatic carbocycles. The van der Waals surface area contributed by atoms with Gasteiger partial charge in [0.15, 0.2) is 0 Å². The Labute approximate surface area is 113 Å². The molecule has 2 aliphatic heterocycles. The van der Waals surface area contributed by atoms with E-state index in [4.69, 9.17) is 9.84 Å². The predicted molar refractivity (Wildman–Crippen MR) is 69.8 cm³/mol. The molecule has 19 heavy (non-hydrogen) atoms. The SMILES string of the molecule is O=C(O)CCC1CCCCN1C(=O)C1CCCOC1. The van der Waals surface area contributed by atoms with Crippen molar-refractivity contribution in [2.24, 2.45) is 5.92 Å². The van der Waals surface area contributed by atoms with E-state index in [0.29, 0.717) is 13.0 Å². The van der Waals surface area contributed by atoms with E-state index in [0.717, 1.165) is 45.3 Å². The summed E-state index contributed by atoms with van der Waals surface area (Å²) < 4.78 is 5.39. The lowest BCUT2D eigenvalue weighted by Gasteiger charge is -2.38. The second-order valence-corrected chi connectivity index (χ2v) is 5.53. The number of carbonyl (C=O) groups is 2. The number of carbonyl (C=O) groups excluding carboxylic acids is 1. The Morgan fingerprint density at radius 3 is 2.74 bits per heavy atom. The van der Waals surface area contributed by atoms with Gasteiger partial charge in [-0.3, -0.25) is 9.59 Å². The summed E-state index contributed by atoms with van der Waals surface area (Å²) in [6, 6.07) is 0.110. The number of hydrogen-bond acceptors (Lipinski definition) is 3. The van der Waals surface area contributed by atoms with Crippen LogP contribution in [0.15, 0.2) is 0 Å². The van der Waals surface area contributed by atoms with Crippen molar-refractivity contribution in [3.8, 4) is 0 Å². The van der Waals surface area contributed by atoms with Gasteiger partial charge < -0.3 is 14.7 Å². The zero-order valence-corrected chi connectivity index (χ0v) is 11.3. The lowest BCUT2D eigenvalue weighted by Crippen LogP contribution is -2.48. The minimum Gasteiger partial charge on any atom is -0.481 e. The van der Waals surface area contributed by atoms with Crippen LogP contribution in [0.2, 0.25) is 0 Å². The van der Waals surface area contributed by atoms with Gasteiger partial charge in [-0.25, -0.2) is 0 Å². The van der Waals surface area contributed by atoms with Gasteiger partial charge in [-0.1, -0.05) is 0 Å². The molecule has 5 nitrogen and oxygen atoms in total. The Bertz CT molecular complexity index is 325. The highest BCUT2D eigenvalue weighted by Gasteiger charge is 2.32. The van der Waals surface area contributed by atoms with E-state index in [1.54, 1.807) is 0 Å². The van der Waals surface area contributed by atoms with Gasteiger partial charge >= 0.3 is 5.97 Å². The van der Waals surface area contributed by atoms with Crippen molar-refractivity contribution in [1.29, 1.82) is 0 Å². The van der Waals surface area contributed by atoms with Crippen molar-refractivity contribution in [2.75, 3.05) is 19.8 Å². The van der Waals surface area contributed by atoms with E-state index >= 15 is 0 Å². The second kappa shape index (κ2) is 6.89. The molecular weight excluding hydrogens is 246 g/mol. The van der Waals surface area contributed by atoms with E-state index < -0.39 is 5.97 Å². The number of ether oxygens (including phenoxy) is 1. The van der Waals surface area contributed by atoms with Crippen LogP contribution in [0, 0.1) is 5.92 Å². The van der Waals surface area contributed by atoms with Crippen LogP contribution in [0.4, 0.5) is 0 Å². The van der Waals surface area contributed by atoms with E-state index in [1.165, 1.54) is 0 Å². The molecule has 0 aromatic rings. The van der Waals surface area contributed by atoms with E-state index in [-0.39, 0.29) is 24.3 Å². The van der Waals surface area contributed by atoms with Crippen LogP contribution in [0.25, 0.3) is 0 Å². The second-order valence-electron chi connectivity index (χ2n) is 5.53. The monoisotopic (exact) mass is 269 g/mol. The summed E-state index contributed by atoms with van der Waals surface area (Å²) >= 11 is 0. The first kappa shape index (κ1) is 14.3. The molecule has 2 fully saturated rings. The fourth-order valence-corrected chi connectivity index (χ4v) is 3.05. The molecule has 108 valence electrons. The van der Waals surface area contributed by atoms with Crippen molar-refractivity contribution in [3.05, 3.63) is 0 Å². The summed E-state index contributed by atoms with van der Waals surface area (Å²) in [4.78, 5) is 25.1. The zero-order valence-electron chi connectivity index (χ0n) is 11.3. The third kappa shape index (κ3) is 3.93. The number of rotatable bonds is 4. The molecular formula is C14H23NO4. The van der Waals surface area contributed by atoms with Crippen molar-refractivity contribution in [2.45, 2.75) is 51.0 Å². The third-order valence-corrected chi connectivity index (χ3v) is 4.11. The first-order valence-electron chi connectivity index (χ1n) is 7.28. The molecule has 0 bridgehead atoms. The van der Waals surface area contributed by atoms with Crippen LogP contribution in [0.1, 0.15) is 44.9 Å². The number of carboxylic acid groups (broad SMARTS) is 1. The standard InChI is InChI=1S/C14H23NO4/c16-13(17)7-6-12-5-1-2-8-15(12)14(18)11-4-3-9-19-10-11/h11-12H,1-10H2,(H,16,17). The number of hydrogen-bond donors (Lipinski definition) is 1. The number of piperidine rings is 1. The molecule has 2 unspecified atom stereocenters. The van der Waals surface area contributed by atoms with Crippen LogP contribution < -0.4 is 0 Å². The van der Waals surface area contributed by atoms with Crippen LogP contribution in [0.5, 0.6) is 0 Å². The molecule has 2 atom stereocenters. The molecule has 2 heterocycles. The van der Waals surface area contributed by atoms with Crippen molar-refractivity contribution >= 4 is 11.9 Å². The van der Waals surface area contributed by atoms with E-state index in [1.807, 2.05) is 4.90 Å². The minimum atomic E-state index is -0.779. The highest BCUT2D eigenvalue weighted by atomic mass is 16.5. The molecule has 0 radical (unpaired) electrons. The van der Waals surface area contributed by atoms with Gasteiger partial charge in [0.1, 0.15) is 0 Å². The maximum Gasteiger partial charge on any atom is 0.303 e. The number of aliphatic carboxylic acids is 1. The van der Waals surface area contributed by atoms with Gasteiger partial charge in [-0.15, -0.1) is 0 Å². The van der Waals surface area contributed by atoms with Crippen LogP contribution >= 0.6 is 0 Å². The fraction of sp³-hybridized carbons (Fsp3) is 0.857. The molecule has 5 heteroatoms. The maximum absolute atomic E-state index is 12.5. The molecule has 1 amide bonds. The van der Waals surface area contributed by atoms with Crippen molar-refractivity contribution in [1.82, 2.24) is 4.90 Å². The number of nitrogens with zero attached hydrogens (tertiary/aromatic N) is 1. The summed E-state index contributed by atoms with van der Waals surface area (Å²) in [5, 5.41) is 8.79. The molecule has 0 aromatic heterocycles. The van der Waals surface area contributed by atoms with Crippen molar-refractivity contribution in [3.63, 3.8) is 0 Å². The number of likely N-dealkylation sites (tertiary alicyclic amines) is 1. The summed E-state index contributed by atoms with van der Waals surface area (Å²) in [6.45, 7) is 2.06. The largest absolute Gasteiger partial charge is 0.481 e. The average Bonchev–Trinajstić information content (AvgIpc) is 2.45. The smallest absolute Gasteiger partial charge is 0.303 e. The molecule has 0 aliphatic carbocycles. The Balaban J connectivity index is 1.93. The third-order valence-electron chi connectivity index (χ3n) is 4.11. The van der Waals surface area contributed by atoms with Gasteiger partial charge in [0.2, 0.25) is 5.91 Å². The Morgan fingerprint density at radius 1 is 1.21 bits per heavy atom. The topological polar surface area (TPSA) is 66.8 Å². The first-order valence-corrected chi connectivity index (χ1v) is 7.28. The first-order chi connectivity index (χ1) is 9.18.